The first-order chi connectivity index (χ1) is 7.20. The van der Waals surface area contributed by atoms with Gasteiger partial charge in [0.05, 0.1) is 18.7 Å². The van der Waals surface area contributed by atoms with E-state index in [9.17, 15) is 4.79 Å². The minimum atomic E-state index is -0.836. The molecule has 0 bridgehead atoms. The van der Waals surface area contributed by atoms with Crippen molar-refractivity contribution in [3.63, 3.8) is 0 Å². The van der Waals surface area contributed by atoms with Crippen LogP contribution in [0.2, 0.25) is 0 Å². The molecule has 0 saturated heterocycles. The second-order valence-electron chi connectivity index (χ2n) is 3.12. The van der Waals surface area contributed by atoms with E-state index in [0.717, 1.165) is 16.3 Å². The Morgan fingerprint density at radius 2 is 2.53 bits per heavy atom. The van der Waals surface area contributed by atoms with Gasteiger partial charge < -0.3 is 9.84 Å². The summed E-state index contributed by atoms with van der Waals surface area (Å²) in [5.41, 5.74) is 1.56. The molecule has 2 aromatic heterocycles. The number of carboxylic acids is 1. The van der Waals surface area contributed by atoms with Crippen molar-refractivity contribution in [2.75, 3.05) is 7.11 Å². The molecule has 0 aliphatic heterocycles. The topological polar surface area (TPSA) is 63.8 Å². The van der Waals surface area contributed by atoms with Gasteiger partial charge in [-0.25, -0.2) is 4.98 Å². The van der Waals surface area contributed by atoms with Gasteiger partial charge in [-0.15, -0.1) is 11.3 Å². The molecule has 0 fully saturated rings. The van der Waals surface area contributed by atoms with Gasteiger partial charge in [0.15, 0.2) is 4.96 Å². The molecule has 0 aromatic carbocycles. The van der Waals surface area contributed by atoms with Crippen molar-refractivity contribution < 1.29 is 14.6 Å². The number of hydrogen-bond donors (Lipinski definition) is 1. The van der Waals surface area contributed by atoms with Crippen LogP contribution in [0.15, 0.2) is 11.6 Å². The van der Waals surface area contributed by atoms with Crippen LogP contribution < -0.4 is 0 Å². The maximum atomic E-state index is 10.6. The molecule has 0 aliphatic rings. The van der Waals surface area contributed by atoms with Crippen LogP contribution >= 0.6 is 11.3 Å². The minimum Gasteiger partial charge on any atom is -0.481 e. The molecule has 0 saturated carbocycles. The maximum absolute atomic E-state index is 10.6. The SMILES string of the molecule is COCc1cn2c(CC(=O)O)csc2n1. The van der Waals surface area contributed by atoms with E-state index in [2.05, 4.69) is 4.98 Å². The second kappa shape index (κ2) is 4.00. The second-order valence-corrected chi connectivity index (χ2v) is 3.95. The van der Waals surface area contributed by atoms with Crippen LogP contribution in [0.1, 0.15) is 11.4 Å². The van der Waals surface area contributed by atoms with Crippen molar-refractivity contribution in [1.29, 1.82) is 0 Å². The highest BCUT2D eigenvalue weighted by Gasteiger charge is 2.10. The van der Waals surface area contributed by atoms with Crippen LogP contribution in [-0.4, -0.2) is 27.6 Å². The number of rotatable bonds is 4. The largest absolute Gasteiger partial charge is 0.481 e. The number of aromatic nitrogens is 2. The van der Waals surface area contributed by atoms with E-state index in [1.54, 1.807) is 11.5 Å². The Bertz CT molecular complexity index is 488. The molecule has 6 heteroatoms. The summed E-state index contributed by atoms with van der Waals surface area (Å²) in [6.07, 6.45) is 1.83. The molecule has 0 unspecified atom stereocenters. The molecule has 1 N–H and O–H groups in total. The summed E-state index contributed by atoms with van der Waals surface area (Å²) in [6, 6.07) is 0. The molecule has 0 radical (unpaired) electrons. The van der Waals surface area contributed by atoms with E-state index in [-0.39, 0.29) is 6.42 Å². The number of methoxy groups -OCH3 is 1. The van der Waals surface area contributed by atoms with Crippen molar-refractivity contribution in [2.24, 2.45) is 0 Å². The van der Waals surface area contributed by atoms with E-state index < -0.39 is 5.97 Å². The van der Waals surface area contributed by atoms with Crippen molar-refractivity contribution in [1.82, 2.24) is 9.38 Å². The number of thiazole rings is 1. The predicted molar refractivity (Wildman–Crippen MR) is 55.1 cm³/mol. The Morgan fingerprint density at radius 1 is 1.73 bits per heavy atom. The van der Waals surface area contributed by atoms with Gasteiger partial charge in [-0.3, -0.25) is 9.20 Å². The normalized spacial score (nSPS) is 11.0. The lowest BCUT2D eigenvalue weighted by molar-refractivity contribution is -0.136. The van der Waals surface area contributed by atoms with Gasteiger partial charge in [0.1, 0.15) is 0 Å². The van der Waals surface area contributed by atoms with Gasteiger partial charge in [-0.2, -0.15) is 0 Å². The molecular formula is C9H10N2O3S. The number of aliphatic carboxylic acids is 1. The fourth-order valence-corrected chi connectivity index (χ4v) is 2.27. The number of imidazole rings is 1. The number of carbonyl (C=O) groups is 1. The number of nitrogens with zero attached hydrogens (tertiary/aromatic N) is 2. The van der Waals surface area contributed by atoms with E-state index in [4.69, 9.17) is 9.84 Å². The summed E-state index contributed by atoms with van der Waals surface area (Å²) < 4.78 is 6.76. The highest BCUT2D eigenvalue weighted by Crippen LogP contribution is 2.17. The van der Waals surface area contributed by atoms with Gasteiger partial charge in [-0.05, 0) is 0 Å². The lowest BCUT2D eigenvalue weighted by atomic mass is 10.3. The summed E-state index contributed by atoms with van der Waals surface area (Å²) in [5.74, 6) is -0.836. The van der Waals surface area contributed by atoms with Crippen LogP contribution in [0.5, 0.6) is 0 Å². The molecule has 0 spiro atoms. The smallest absolute Gasteiger partial charge is 0.309 e. The Labute approximate surface area is 89.9 Å². The van der Waals surface area contributed by atoms with Crippen LogP contribution in [0.25, 0.3) is 4.96 Å². The Hall–Kier alpha value is -1.40. The van der Waals surface area contributed by atoms with Crippen LogP contribution in [0, 0.1) is 0 Å². The first kappa shape index (κ1) is 10.1. The Kier molecular flexibility index (Phi) is 2.70. The van der Waals surface area contributed by atoms with Gasteiger partial charge in [0.2, 0.25) is 0 Å². The van der Waals surface area contributed by atoms with E-state index in [0.29, 0.717) is 6.61 Å². The summed E-state index contributed by atoms with van der Waals surface area (Å²) in [5, 5.41) is 10.5. The molecule has 2 heterocycles. The van der Waals surface area contributed by atoms with Crippen molar-refractivity contribution in [2.45, 2.75) is 13.0 Å². The molecule has 2 aromatic rings. The van der Waals surface area contributed by atoms with Gasteiger partial charge in [-0.1, -0.05) is 0 Å². The Morgan fingerprint density at radius 3 is 3.20 bits per heavy atom. The molecule has 80 valence electrons. The number of ether oxygens (including phenoxy) is 1. The summed E-state index contributed by atoms with van der Waals surface area (Å²) in [7, 11) is 1.60. The van der Waals surface area contributed by atoms with E-state index >= 15 is 0 Å². The quantitative estimate of drug-likeness (QED) is 0.850. The van der Waals surface area contributed by atoms with Gasteiger partial charge >= 0.3 is 5.97 Å². The van der Waals surface area contributed by atoms with Crippen molar-refractivity contribution in [3.05, 3.63) is 23.0 Å². The maximum Gasteiger partial charge on any atom is 0.309 e. The molecule has 2 rings (SSSR count). The highest BCUT2D eigenvalue weighted by atomic mass is 32.1. The summed E-state index contributed by atoms with van der Waals surface area (Å²) >= 11 is 1.44. The zero-order chi connectivity index (χ0) is 10.8. The number of carboxylic acid groups (broad SMARTS) is 1. The monoisotopic (exact) mass is 226 g/mol. The summed E-state index contributed by atoms with van der Waals surface area (Å²) in [6.45, 7) is 0.445. The van der Waals surface area contributed by atoms with Crippen molar-refractivity contribution >= 4 is 22.3 Å². The molecular weight excluding hydrogens is 216 g/mol. The van der Waals surface area contributed by atoms with Crippen molar-refractivity contribution in [3.8, 4) is 0 Å². The lowest BCUT2D eigenvalue weighted by Gasteiger charge is -1.93. The van der Waals surface area contributed by atoms with Crippen LogP contribution in [0.4, 0.5) is 0 Å². The summed E-state index contributed by atoms with van der Waals surface area (Å²) in [4.78, 5) is 15.7. The van der Waals surface area contributed by atoms with Gasteiger partial charge in [0, 0.05) is 24.4 Å². The molecule has 15 heavy (non-hydrogen) atoms. The number of fused-ring (bicyclic) bond motifs is 1. The third kappa shape index (κ3) is 2.00. The molecule has 0 atom stereocenters. The number of hydrogen-bond acceptors (Lipinski definition) is 4. The highest BCUT2D eigenvalue weighted by molar-refractivity contribution is 7.15. The van der Waals surface area contributed by atoms with E-state index in [1.807, 2.05) is 11.6 Å². The van der Waals surface area contributed by atoms with E-state index in [1.165, 1.54) is 11.3 Å². The van der Waals surface area contributed by atoms with Crippen LogP contribution in [0.3, 0.4) is 0 Å². The third-order valence-electron chi connectivity index (χ3n) is 1.96. The third-order valence-corrected chi connectivity index (χ3v) is 2.85. The minimum absolute atomic E-state index is 0.0166. The molecule has 0 amide bonds. The zero-order valence-electron chi connectivity index (χ0n) is 8.14. The van der Waals surface area contributed by atoms with Crippen LogP contribution in [-0.2, 0) is 22.6 Å². The lowest BCUT2D eigenvalue weighted by Crippen LogP contribution is -2.02. The average molecular weight is 226 g/mol. The Balaban J connectivity index is 2.35. The van der Waals surface area contributed by atoms with Gasteiger partial charge in [0.25, 0.3) is 0 Å². The fraction of sp³-hybridized carbons (Fsp3) is 0.333. The fourth-order valence-electron chi connectivity index (χ4n) is 1.38. The molecule has 5 nitrogen and oxygen atoms in total. The first-order valence-electron chi connectivity index (χ1n) is 4.36. The first-order valence-corrected chi connectivity index (χ1v) is 5.23. The average Bonchev–Trinajstić information content (AvgIpc) is 2.68. The standard InChI is InChI=1S/C9H10N2O3S/c1-14-4-6-3-11-7(2-8(12)13)5-15-9(11)10-6/h3,5H,2,4H2,1H3,(H,12,13). The zero-order valence-corrected chi connectivity index (χ0v) is 8.95. The predicted octanol–water partition coefficient (Wildman–Crippen LogP) is 1.17. The molecule has 0 aliphatic carbocycles.